The second-order valence-corrected chi connectivity index (χ2v) is 3.32. The molecule has 2 heteroatoms. The summed E-state index contributed by atoms with van der Waals surface area (Å²) < 4.78 is 0. The van der Waals surface area contributed by atoms with Gasteiger partial charge in [-0.05, 0) is 24.9 Å². The Morgan fingerprint density at radius 2 is 2.00 bits per heavy atom. The Kier molecular flexibility index (Phi) is 3.87. The van der Waals surface area contributed by atoms with Gasteiger partial charge in [0.15, 0.2) is 0 Å². The first-order chi connectivity index (χ1) is 5.38. The molecule has 0 aromatic carbocycles. The molecule has 2 unspecified atom stereocenters. The van der Waals surface area contributed by atoms with E-state index in [9.17, 15) is 0 Å². The van der Waals surface area contributed by atoms with Crippen LogP contribution < -0.4 is 10.6 Å². The van der Waals surface area contributed by atoms with Crippen molar-refractivity contribution < 1.29 is 0 Å². The summed E-state index contributed by atoms with van der Waals surface area (Å²) in [7, 11) is 0. The van der Waals surface area contributed by atoms with Gasteiger partial charge in [-0.1, -0.05) is 20.3 Å². The van der Waals surface area contributed by atoms with Crippen molar-refractivity contribution in [3.8, 4) is 0 Å². The summed E-state index contributed by atoms with van der Waals surface area (Å²) in [5, 5.41) is 7.82. The molecular weight excluding hydrogens is 136 g/mol. The Balaban J connectivity index is 2.20. The van der Waals surface area contributed by atoms with Crippen LogP contribution in [-0.2, 0) is 0 Å². The third kappa shape index (κ3) is 2.46. The summed E-state index contributed by atoms with van der Waals surface area (Å²) in [6.45, 7) is 8.88. The topological polar surface area (TPSA) is 26.1 Å². The van der Waals surface area contributed by atoms with Crippen molar-refractivity contribution in [2.75, 3.05) is 26.2 Å². The maximum absolute atomic E-state index is 4.43. The first-order valence-electron chi connectivity index (χ1n) is 4.72. The van der Waals surface area contributed by atoms with Gasteiger partial charge in [-0.2, -0.15) is 0 Å². The minimum Gasteiger partial charge on any atom is -0.317 e. The molecule has 1 radical (unpaired) electrons. The number of rotatable bonds is 4. The highest BCUT2D eigenvalue weighted by atomic mass is 14.9. The lowest BCUT2D eigenvalue weighted by atomic mass is 9.94. The van der Waals surface area contributed by atoms with Crippen LogP contribution in [0.2, 0.25) is 0 Å². The molecule has 0 saturated carbocycles. The Bertz CT molecular complexity index is 104. The van der Waals surface area contributed by atoms with Gasteiger partial charge in [0.05, 0.1) is 0 Å². The molecule has 1 heterocycles. The Hall–Kier alpha value is -0.0800. The molecule has 1 aliphatic heterocycles. The lowest BCUT2D eigenvalue weighted by molar-refractivity contribution is 0.389. The maximum atomic E-state index is 4.43. The second-order valence-electron chi connectivity index (χ2n) is 3.32. The van der Waals surface area contributed by atoms with Gasteiger partial charge in [0.1, 0.15) is 0 Å². The van der Waals surface area contributed by atoms with Crippen LogP contribution in [0.1, 0.15) is 20.3 Å². The molecular formula is C9H19N2. The van der Waals surface area contributed by atoms with Gasteiger partial charge in [0, 0.05) is 13.1 Å². The van der Waals surface area contributed by atoms with Crippen molar-refractivity contribution in [2.45, 2.75) is 20.3 Å². The van der Waals surface area contributed by atoms with Crippen LogP contribution in [0, 0.1) is 11.8 Å². The van der Waals surface area contributed by atoms with Crippen LogP contribution in [0.5, 0.6) is 0 Å². The SMILES string of the molecule is CCNCC1C[N]CC1CC. The molecule has 2 atom stereocenters. The molecule has 2 nitrogen and oxygen atoms in total. The summed E-state index contributed by atoms with van der Waals surface area (Å²) in [6.07, 6.45) is 1.29. The third-order valence-electron chi connectivity index (χ3n) is 2.57. The summed E-state index contributed by atoms with van der Waals surface area (Å²) >= 11 is 0. The minimum atomic E-state index is 0.819. The van der Waals surface area contributed by atoms with Gasteiger partial charge in [-0.15, -0.1) is 0 Å². The summed E-state index contributed by atoms with van der Waals surface area (Å²) in [5.74, 6) is 1.67. The largest absolute Gasteiger partial charge is 0.317 e. The van der Waals surface area contributed by atoms with Crippen molar-refractivity contribution in [1.82, 2.24) is 10.6 Å². The first-order valence-corrected chi connectivity index (χ1v) is 4.72. The summed E-state index contributed by atoms with van der Waals surface area (Å²) in [6, 6.07) is 0. The molecule has 1 aliphatic rings. The van der Waals surface area contributed by atoms with E-state index < -0.39 is 0 Å². The average molecular weight is 155 g/mol. The summed E-state index contributed by atoms with van der Waals surface area (Å²) in [4.78, 5) is 0. The fourth-order valence-corrected chi connectivity index (χ4v) is 1.73. The third-order valence-corrected chi connectivity index (χ3v) is 2.57. The Morgan fingerprint density at radius 1 is 1.27 bits per heavy atom. The lowest BCUT2D eigenvalue weighted by Crippen LogP contribution is -2.27. The highest BCUT2D eigenvalue weighted by molar-refractivity contribution is 4.80. The number of hydrogen-bond acceptors (Lipinski definition) is 1. The van der Waals surface area contributed by atoms with E-state index in [1.54, 1.807) is 0 Å². The van der Waals surface area contributed by atoms with E-state index in [1.807, 2.05) is 0 Å². The van der Waals surface area contributed by atoms with Crippen LogP contribution in [-0.4, -0.2) is 26.2 Å². The fraction of sp³-hybridized carbons (Fsp3) is 1.00. The second kappa shape index (κ2) is 4.73. The molecule has 0 spiro atoms. The molecule has 1 rings (SSSR count). The predicted molar refractivity (Wildman–Crippen MR) is 47.7 cm³/mol. The molecule has 0 aromatic heterocycles. The van der Waals surface area contributed by atoms with Crippen LogP contribution >= 0.6 is 0 Å². The molecule has 0 bridgehead atoms. The van der Waals surface area contributed by atoms with E-state index in [-0.39, 0.29) is 0 Å². The lowest BCUT2D eigenvalue weighted by Gasteiger charge is -2.16. The molecule has 1 saturated heterocycles. The van der Waals surface area contributed by atoms with Crippen molar-refractivity contribution in [1.29, 1.82) is 0 Å². The molecule has 0 aromatic rings. The average Bonchev–Trinajstić information content (AvgIpc) is 2.47. The zero-order chi connectivity index (χ0) is 8.10. The van der Waals surface area contributed by atoms with Gasteiger partial charge in [0.2, 0.25) is 0 Å². The Labute approximate surface area is 69.8 Å². The van der Waals surface area contributed by atoms with Crippen LogP contribution in [0.25, 0.3) is 0 Å². The number of nitrogens with zero attached hydrogens (tertiary/aromatic N) is 1. The van der Waals surface area contributed by atoms with E-state index in [2.05, 4.69) is 24.5 Å². The maximum Gasteiger partial charge on any atom is 0.0177 e. The highest BCUT2D eigenvalue weighted by Crippen LogP contribution is 2.19. The van der Waals surface area contributed by atoms with Crippen molar-refractivity contribution in [2.24, 2.45) is 11.8 Å². The zero-order valence-corrected chi connectivity index (χ0v) is 7.64. The molecule has 65 valence electrons. The summed E-state index contributed by atoms with van der Waals surface area (Å²) in [5.41, 5.74) is 0. The smallest absolute Gasteiger partial charge is 0.0177 e. The van der Waals surface area contributed by atoms with Crippen molar-refractivity contribution in [3.05, 3.63) is 0 Å². The van der Waals surface area contributed by atoms with Gasteiger partial charge in [0.25, 0.3) is 0 Å². The molecule has 0 amide bonds. The number of hydrogen-bond donors (Lipinski definition) is 1. The minimum absolute atomic E-state index is 0.819. The normalized spacial score (nSPS) is 31.1. The van der Waals surface area contributed by atoms with Crippen LogP contribution in [0.15, 0.2) is 0 Å². The highest BCUT2D eigenvalue weighted by Gasteiger charge is 2.25. The fourth-order valence-electron chi connectivity index (χ4n) is 1.73. The molecule has 11 heavy (non-hydrogen) atoms. The molecule has 0 aliphatic carbocycles. The first kappa shape index (κ1) is 9.01. The predicted octanol–water partition coefficient (Wildman–Crippen LogP) is 0.856. The standard InChI is InChI=1S/C9H19N2/c1-3-8-5-11-7-9(8)6-10-4-2/h8-10H,3-7H2,1-2H3. The van der Waals surface area contributed by atoms with E-state index in [1.165, 1.54) is 13.0 Å². The zero-order valence-electron chi connectivity index (χ0n) is 7.64. The van der Waals surface area contributed by atoms with Gasteiger partial charge >= 0.3 is 0 Å². The van der Waals surface area contributed by atoms with Gasteiger partial charge in [-0.25, -0.2) is 5.32 Å². The van der Waals surface area contributed by atoms with Crippen molar-refractivity contribution in [3.63, 3.8) is 0 Å². The quantitative estimate of drug-likeness (QED) is 0.640. The van der Waals surface area contributed by atoms with Crippen LogP contribution in [0.4, 0.5) is 0 Å². The van der Waals surface area contributed by atoms with Gasteiger partial charge < -0.3 is 5.32 Å². The van der Waals surface area contributed by atoms with E-state index >= 15 is 0 Å². The molecule has 1 N–H and O–H groups in total. The van der Waals surface area contributed by atoms with Crippen molar-refractivity contribution >= 4 is 0 Å². The monoisotopic (exact) mass is 155 g/mol. The van der Waals surface area contributed by atoms with E-state index in [4.69, 9.17) is 0 Å². The molecule has 1 fully saturated rings. The Morgan fingerprint density at radius 3 is 2.64 bits per heavy atom. The van der Waals surface area contributed by atoms with Crippen LogP contribution in [0.3, 0.4) is 0 Å². The number of nitrogens with one attached hydrogen (secondary N) is 1. The van der Waals surface area contributed by atoms with Gasteiger partial charge in [-0.3, -0.25) is 0 Å². The van der Waals surface area contributed by atoms with E-state index in [0.717, 1.165) is 31.5 Å². The van der Waals surface area contributed by atoms with E-state index in [0.29, 0.717) is 0 Å².